The fourth-order valence-corrected chi connectivity index (χ4v) is 3.65. The van der Waals surface area contributed by atoms with Crippen LogP contribution in [0, 0.1) is 0 Å². The van der Waals surface area contributed by atoms with Crippen LogP contribution >= 0.6 is 0 Å². The Morgan fingerprint density at radius 3 is 1.66 bits per heavy atom. The summed E-state index contributed by atoms with van der Waals surface area (Å²) in [4.78, 5) is 23.9. The normalized spacial score (nSPS) is 11.0. The maximum atomic E-state index is 12.0. The van der Waals surface area contributed by atoms with Crippen molar-refractivity contribution in [2.45, 2.75) is 0 Å². The largest absolute Gasteiger partial charge is 0.465 e. The monoisotopic (exact) mass is 464 g/mol. The van der Waals surface area contributed by atoms with E-state index in [1.165, 1.54) is 20.3 Å². The first kappa shape index (κ1) is 23.5. The predicted molar refractivity (Wildman–Crippen MR) is 136 cm³/mol. The van der Waals surface area contributed by atoms with Gasteiger partial charge in [0.2, 0.25) is 0 Å². The second-order valence-corrected chi connectivity index (χ2v) is 7.65. The number of carbonyl (C=O) groups excluding carboxylic acids is 2. The minimum atomic E-state index is -0.797. The van der Waals surface area contributed by atoms with Crippen molar-refractivity contribution < 1.29 is 23.5 Å². The summed E-state index contributed by atoms with van der Waals surface area (Å²) in [5, 5.41) is 0. The molecule has 0 radical (unpaired) electrons. The first-order chi connectivity index (χ1) is 17.1. The molecular formula is C30H24O5. The van der Waals surface area contributed by atoms with Crippen LogP contribution in [-0.2, 0) is 19.1 Å². The second kappa shape index (κ2) is 11.0. The van der Waals surface area contributed by atoms with Gasteiger partial charge in [0.05, 0.1) is 14.2 Å². The van der Waals surface area contributed by atoms with Crippen molar-refractivity contribution >= 4 is 29.7 Å². The van der Waals surface area contributed by atoms with Crippen LogP contribution < -0.4 is 0 Å². The highest BCUT2D eigenvalue weighted by molar-refractivity contribution is 6.17. The van der Waals surface area contributed by atoms with E-state index >= 15 is 0 Å². The molecule has 0 spiro atoms. The van der Waals surface area contributed by atoms with Crippen molar-refractivity contribution in [1.29, 1.82) is 0 Å². The Morgan fingerprint density at radius 1 is 0.600 bits per heavy atom. The van der Waals surface area contributed by atoms with Gasteiger partial charge in [-0.05, 0) is 46.0 Å². The van der Waals surface area contributed by atoms with Crippen LogP contribution in [0.2, 0.25) is 0 Å². The standard InChI is InChI=1S/C30H24O5/c1-33-29(31)28(30(32)34-2)20-26-18-17-25(35-26)19-27(23-11-7-4-8-12-23)24-15-13-22(14-16-24)21-9-5-3-6-10-21/h3-20H,1-2H3. The van der Waals surface area contributed by atoms with Gasteiger partial charge in [-0.15, -0.1) is 0 Å². The quantitative estimate of drug-likeness (QED) is 0.140. The first-order valence-electron chi connectivity index (χ1n) is 11.0. The fraction of sp³-hybridized carbons (Fsp3) is 0.0667. The van der Waals surface area contributed by atoms with E-state index in [1.54, 1.807) is 12.1 Å². The molecule has 0 fully saturated rings. The number of benzene rings is 3. The van der Waals surface area contributed by atoms with Crippen LogP contribution in [0.5, 0.6) is 0 Å². The molecule has 1 heterocycles. The van der Waals surface area contributed by atoms with Gasteiger partial charge in [0.15, 0.2) is 0 Å². The third-order valence-electron chi connectivity index (χ3n) is 5.42. The SMILES string of the molecule is COC(=O)C(=Cc1ccc(C=C(c2ccccc2)c2ccc(-c3ccccc3)cc2)o1)C(=O)OC. The minimum absolute atomic E-state index is 0.250. The van der Waals surface area contributed by atoms with Gasteiger partial charge in [-0.25, -0.2) is 9.59 Å². The number of methoxy groups -OCH3 is 2. The van der Waals surface area contributed by atoms with Gasteiger partial charge in [-0.3, -0.25) is 0 Å². The van der Waals surface area contributed by atoms with E-state index in [4.69, 9.17) is 4.42 Å². The molecule has 3 aromatic carbocycles. The lowest BCUT2D eigenvalue weighted by Gasteiger charge is -2.10. The molecule has 0 saturated carbocycles. The summed E-state index contributed by atoms with van der Waals surface area (Å²) >= 11 is 0. The van der Waals surface area contributed by atoms with Gasteiger partial charge in [-0.2, -0.15) is 0 Å². The van der Waals surface area contributed by atoms with Crippen molar-refractivity contribution in [2.24, 2.45) is 0 Å². The number of hydrogen-bond donors (Lipinski definition) is 0. The average Bonchev–Trinajstić information content (AvgIpc) is 3.37. The van der Waals surface area contributed by atoms with Crippen LogP contribution in [0.4, 0.5) is 0 Å². The molecule has 174 valence electrons. The highest BCUT2D eigenvalue weighted by Crippen LogP contribution is 2.29. The Balaban J connectivity index is 1.71. The van der Waals surface area contributed by atoms with E-state index in [9.17, 15) is 9.59 Å². The van der Waals surface area contributed by atoms with Crippen molar-refractivity contribution in [3.63, 3.8) is 0 Å². The summed E-state index contributed by atoms with van der Waals surface area (Å²) in [6.45, 7) is 0. The Bertz CT molecular complexity index is 1340. The maximum absolute atomic E-state index is 12.0. The predicted octanol–water partition coefficient (Wildman–Crippen LogP) is 6.26. The minimum Gasteiger partial charge on any atom is -0.465 e. The number of esters is 2. The summed E-state index contributed by atoms with van der Waals surface area (Å²) in [7, 11) is 2.40. The summed E-state index contributed by atoms with van der Waals surface area (Å²) < 4.78 is 15.3. The number of hydrogen-bond acceptors (Lipinski definition) is 5. The molecule has 0 saturated heterocycles. The summed E-state index contributed by atoms with van der Waals surface area (Å²) in [5.74, 6) is -0.701. The van der Waals surface area contributed by atoms with Gasteiger partial charge in [0.1, 0.15) is 17.1 Å². The molecule has 0 amide bonds. The zero-order valence-electron chi connectivity index (χ0n) is 19.4. The van der Waals surface area contributed by atoms with Gasteiger partial charge in [-0.1, -0.05) is 84.9 Å². The van der Waals surface area contributed by atoms with E-state index in [-0.39, 0.29) is 5.57 Å². The lowest BCUT2D eigenvalue weighted by atomic mass is 9.95. The van der Waals surface area contributed by atoms with Gasteiger partial charge in [0.25, 0.3) is 0 Å². The molecule has 5 nitrogen and oxygen atoms in total. The molecule has 5 heteroatoms. The Hall–Kier alpha value is -4.64. The molecule has 0 unspecified atom stereocenters. The highest BCUT2D eigenvalue weighted by atomic mass is 16.5. The summed E-state index contributed by atoms with van der Waals surface area (Å²) in [5.41, 5.74) is 5.05. The highest BCUT2D eigenvalue weighted by Gasteiger charge is 2.20. The zero-order chi connectivity index (χ0) is 24.6. The van der Waals surface area contributed by atoms with Crippen molar-refractivity contribution in [1.82, 2.24) is 0 Å². The van der Waals surface area contributed by atoms with Crippen molar-refractivity contribution in [3.05, 3.63) is 125 Å². The van der Waals surface area contributed by atoms with Crippen LogP contribution in [0.25, 0.3) is 28.9 Å². The van der Waals surface area contributed by atoms with E-state index in [1.807, 2.05) is 54.6 Å². The maximum Gasteiger partial charge on any atom is 0.345 e. The smallest absolute Gasteiger partial charge is 0.345 e. The third-order valence-corrected chi connectivity index (χ3v) is 5.42. The van der Waals surface area contributed by atoms with Crippen LogP contribution in [0.3, 0.4) is 0 Å². The van der Waals surface area contributed by atoms with Crippen LogP contribution in [-0.4, -0.2) is 26.2 Å². The molecule has 35 heavy (non-hydrogen) atoms. The number of carbonyl (C=O) groups is 2. The molecule has 0 aliphatic carbocycles. The Labute approximate surface area is 203 Å². The number of rotatable bonds is 7. The number of ether oxygens (including phenoxy) is 2. The van der Waals surface area contributed by atoms with E-state index in [0.29, 0.717) is 11.5 Å². The second-order valence-electron chi connectivity index (χ2n) is 7.65. The molecule has 0 aliphatic rings. The van der Waals surface area contributed by atoms with E-state index in [0.717, 1.165) is 27.8 Å². The lowest BCUT2D eigenvalue weighted by Crippen LogP contribution is -2.15. The van der Waals surface area contributed by atoms with E-state index in [2.05, 4.69) is 45.9 Å². The van der Waals surface area contributed by atoms with Gasteiger partial charge >= 0.3 is 11.9 Å². The molecular weight excluding hydrogens is 440 g/mol. The molecule has 4 aromatic rings. The van der Waals surface area contributed by atoms with Crippen molar-refractivity contribution in [2.75, 3.05) is 14.2 Å². The summed E-state index contributed by atoms with van der Waals surface area (Å²) in [6.07, 6.45) is 3.24. The number of furan rings is 1. The fourth-order valence-electron chi connectivity index (χ4n) is 3.65. The summed E-state index contributed by atoms with van der Waals surface area (Å²) in [6, 6.07) is 32.0. The van der Waals surface area contributed by atoms with Crippen molar-refractivity contribution in [3.8, 4) is 11.1 Å². The van der Waals surface area contributed by atoms with Crippen LogP contribution in [0.15, 0.2) is 107 Å². The Kier molecular flexibility index (Phi) is 7.38. The van der Waals surface area contributed by atoms with E-state index < -0.39 is 11.9 Å². The zero-order valence-corrected chi connectivity index (χ0v) is 19.4. The average molecular weight is 465 g/mol. The molecule has 4 rings (SSSR count). The lowest BCUT2D eigenvalue weighted by molar-refractivity contribution is -0.143. The van der Waals surface area contributed by atoms with Crippen LogP contribution in [0.1, 0.15) is 22.6 Å². The van der Waals surface area contributed by atoms with Gasteiger partial charge < -0.3 is 13.9 Å². The molecule has 1 aromatic heterocycles. The first-order valence-corrected chi connectivity index (χ1v) is 11.0. The topological polar surface area (TPSA) is 65.7 Å². The molecule has 0 atom stereocenters. The Morgan fingerprint density at radius 2 is 1.09 bits per heavy atom. The van der Waals surface area contributed by atoms with Gasteiger partial charge in [0, 0.05) is 6.08 Å². The molecule has 0 bridgehead atoms. The third kappa shape index (κ3) is 5.65. The molecule has 0 aliphatic heterocycles. The molecule has 0 N–H and O–H groups in total.